The number of carbonyl (C=O) groups is 1. The summed E-state index contributed by atoms with van der Waals surface area (Å²) in [4.78, 5) is 13.1. The maximum absolute atomic E-state index is 10.7. The van der Waals surface area contributed by atoms with Crippen LogP contribution >= 0.6 is 0 Å². The summed E-state index contributed by atoms with van der Waals surface area (Å²) in [5.74, 6) is -0.806. The van der Waals surface area contributed by atoms with Gasteiger partial charge in [-0.15, -0.1) is 0 Å². The number of likely N-dealkylation sites (N-methyl/N-ethyl adjacent to an activating group) is 1. The van der Waals surface area contributed by atoms with Crippen molar-refractivity contribution in [3.05, 3.63) is 11.6 Å². The summed E-state index contributed by atoms with van der Waals surface area (Å²) < 4.78 is 0. The summed E-state index contributed by atoms with van der Waals surface area (Å²) in [5.41, 5.74) is 0.489. The van der Waals surface area contributed by atoms with Crippen molar-refractivity contribution in [1.29, 1.82) is 0 Å². The second kappa shape index (κ2) is 6.66. The zero-order valence-electron chi connectivity index (χ0n) is 10.2. The Morgan fingerprint density at radius 2 is 2.25 bits per heavy atom. The summed E-state index contributed by atoms with van der Waals surface area (Å²) >= 11 is 0. The molecule has 0 radical (unpaired) electrons. The van der Waals surface area contributed by atoms with E-state index in [9.17, 15) is 4.79 Å². The van der Waals surface area contributed by atoms with Gasteiger partial charge < -0.3 is 15.3 Å². The third-order valence-corrected chi connectivity index (χ3v) is 2.96. The number of hydrogen-bond acceptors (Lipinski definition) is 3. The minimum Gasteiger partial charge on any atom is -0.478 e. The van der Waals surface area contributed by atoms with Crippen molar-refractivity contribution in [1.82, 2.24) is 10.2 Å². The van der Waals surface area contributed by atoms with Gasteiger partial charge in [-0.05, 0) is 26.3 Å². The van der Waals surface area contributed by atoms with Crippen LogP contribution in [-0.4, -0.2) is 48.7 Å². The molecule has 4 nitrogen and oxygen atoms in total. The van der Waals surface area contributed by atoms with Crippen LogP contribution in [0.2, 0.25) is 0 Å². The van der Waals surface area contributed by atoms with Crippen LogP contribution in [0.3, 0.4) is 0 Å². The zero-order chi connectivity index (χ0) is 12.0. The molecule has 2 N–H and O–H groups in total. The minimum absolute atomic E-state index is 0.489. The predicted molar refractivity (Wildman–Crippen MR) is 64.5 cm³/mol. The Hall–Kier alpha value is -0.870. The Morgan fingerprint density at radius 3 is 2.75 bits per heavy atom. The lowest BCUT2D eigenvalue weighted by atomic mass is 10.2. The fourth-order valence-corrected chi connectivity index (χ4v) is 1.63. The van der Waals surface area contributed by atoms with Crippen molar-refractivity contribution in [2.75, 3.05) is 26.7 Å². The average Bonchev–Trinajstić information content (AvgIpc) is 3.05. The Kier molecular flexibility index (Phi) is 5.49. The lowest BCUT2D eigenvalue weighted by molar-refractivity contribution is -0.132. The molecule has 1 saturated carbocycles. The molecule has 16 heavy (non-hydrogen) atoms. The first-order valence-corrected chi connectivity index (χ1v) is 5.98. The van der Waals surface area contributed by atoms with Gasteiger partial charge in [-0.2, -0.15) is 0 Å². The topological polar surface area (TPSA) is 52.6 Å². The van der Waals surface area contributed by atoms with Crippen molar-refractivity contribution >= 4 is 5.97 Å². The lowest BCUT2D eigenvalue weighted by Gasteiger charge is -2.15. The van der Waals surface area contributed by atoms with Crippen LogP contribution in [0.25, 0.3) is 0 Å². The molecule has 0 atom stereocenters. The summed E-state index contributed by atoms with van der Waals surface area (Å²) in [5, 5.41) is 12.0. The van der Waals surface area contributed by atoms with E-state index in [1.165, 1.54) is 12.8 Å². The molecule has 1 aliphatic rings. The number of carboxylic acid groups (broad SMARTS) is 1. The molecule has 0 unspecified atom stereocenters. The van der Waals surface area contributed by atoms with Gasteiger partial charge in [0, 0.05) is 31.2 Å². The van der Waals surface area contributed by atoms with Crippen molar-refractivity contribution in [2.45, 2.75) is 32.2 Å². The van der Waals surface area contributed by atoms with Crippen LogP contribution in [0.5, 0.6) is 0 Å². The Balaban J connectivity index is 2.07. The van der Waals surface area contributed by atoms with E-state index in [-0.39, 0.29) is 0 Å². The third kappa shape index (κ3) is 4.77. The fourth-order valence-electron chi connectivity index (χ4n) is 1.63. The first-order valence-electron chi connectivity index (χ1n) is 5.98. The Morgan fingerprint density at radius 1 is 1.56 bits per heavy atom. The molecule has 1 rings (SSSR count). The highest BCUT2D eigenvalue weighted by Gasteiger charge is 2.25. The number of nitrogens with one attached hydrogen (secondary N) is 1. The Bertz CT molecular complexity index is 260. The third-order valence-electron chi connectivity index (χ3n) is 2.96. The van der Waals surface area contributed by atoms with Gasteiger partial charge in [-0.1, -0.05) is 13.0 Å². The average molecular weight is 226 g/mol. The molecule has 0 aromatic carbocycles. The summed E-state index contributed by atoms with van der Waals surface area (Å²) in [6.45, 7) is 4.46. The van der Waals surface area contributed by atoms with Gasteiger partial charge in [0.25, 0.3) is 0 Å². The molecule has 1 fully saturated rings. The van der Waals surface area contributed by atoms with Crippen LogP contribution in [0.1, 0.15) is 26.2 Å². The second-order valence-electron chi connectivity index (χ2n) is 4.30. The standard InChI is InChI=1S/C12H22N2O2/c1-3-10(12(15)16)6-7-13-8-9-14(2)11-4-5-11/h6,11,13H,3-5,7-9H2,1-2H3,(H,15,16). The van der Waals surface area contributed by atoms with E-state index in [1.54, 1.807) is 6.08 Å². The zero-order valence-corrected chi connectivity index (χ0v) is 10.2. The largest absolute Gasteiger partial charge is 0.478 e. The van der Waals surface area contributed by atoms with Gasteiger partial charge in [0.15, 0.2) is 0 Å². The molecule has 0 bridgehead atoms. The normalized spacial score (nSPS) is 16.8. The number of aliphatic carboxylic acids is 1. The molecule has 1 aliphatic carbocycles. The van der Waals surface area contributed by atoms with E-state index >= 15 is 0 Å². The van der Waals surface area contributed by atoms with Gasteiger partial charge in [0.05, 0.1) is 0 Å². The lowest BCUT2D eigenvalue weighted by Crippen LogP contribution is -2.30. The summed E-state index contributed by atoms with van der Waals surface area (Å²) in [6.07, 6.45) is 5.00. The molecule has 0 aromatic rings. The second-order valence-corrected chi connectivity index (χ2v) is 4.30. The van der Waals surface area contributed by atoms with Crippen LogP contribution < -0.4 is 5.32 Å². The van der Waals surface area contributed by atoms with Crippen molar-refractivity contribution in [2.24, 2.45) is 0 Å². The van der Waals surface area contributed by atoms with Crippen molar-refractivity contribution in [3.8, 4) is 0 Å². The van der Waals surface area contributed by atoms with E-state index < -0.39 is 5.97 Å². The highest BCUT2D eigenvalue weighted by Crippen LogP contribution is 2.24. The molecule has 0 aromatic heterocycles. The summed E-state index contributed by atoms with van der Waals surface area (Å²) in [7, 11) is 2.14. The predicted octanol–water partition coefficient (Wildman–Crippen LogP) is 1.09. The van der Waals surface area contributed by atoms with Gasteiger partial charge in [-0.25, -0.2) is 4.79 Å². The molecule has 4 heteroatoms. The molecule has 0 heterocycles. The number of nitrogens with zero attached hydrogens (tertiary/aromatic N) is 1. The minimum atomic E-state index is -0.806. The first-order chi connectivity index (χ1) is 7.65. The molecule has 0 spiro atoms. The van der Waals surface area contributed by atoms with Crippen molar-refractivity contribution < 1.29 is 9.90 Å². The number of hydrogen-bond donors (Lipinski definition) is 2. The maximum atomic E-state index is 10.7. The first kappa shape index (κ1) is 13.2. The molecular weight excluding hydrogens is 204 g/mol. The van der Waals surface area contributed by atoms with Gasteiger partial charge in [0.1, 0.15) is 0 Å². The van der Waals surface area contributed by atoms with Gasteiger partial charge in [0.2, 0.25) is 0 Å². The fraction of sp³-hybridized carbons (Fsp3) is 0.750. The quantitative estimate of drug-likeness (QED) is 0.480. The maximum Gasteiger partial charge on any atom is 0.331 e. The Labute approximate surface area is 97.3 Å². The SMILES string of the molecule is CCC(=CCNCCN(C)C1CC1)C(=O)O. The number of rotatable bonds is 8. The number of carboxylic acids is 1. The highest BCUT2D eigenvalue weighted by molar-refractivity contribution is 5.86. The van der Waals surface area contributed by atoms with Crippen LogP contribution in [0.15, 0.2) is 11.6 Å². The van der Waals surface area contributed by atoms with Crippen molar-refractivity contribution in [3.63, 3.8) is 0 Å². The summed E-state index contributed by atoms with van der Waals surface area (Å²) in [6, 6.07) is 0.794. The van der Waals surface area contributed by atoms with Crippen LogP contribution in [0.4, 0.5) is 0 Å². The highest BCUT2D eigenvalue weighted by atomic mass is 16.4. The van der Waals surface area contributed by atoms with E-state index in [1.807, 2.05) is 6.92 Å². The van der Waals surface area contributed by atoms with E-state index in [2.05, 4.69) is 17.3 Å². The molecular formula is C12H22N2O2. The molecule has 92 valence electrons. The van der Waals surface area contributed by atoms with Crippen LogP contribution in [-0.2, 0) is 4.79 Å². The monoisotopic (exact) mass is 226 g/mol. The van der Waals surface area contributed by atoms with Gasteiger partial charge in [-0.3, -0.25) is 0 Å². The molecule has 0 amide bonds. The van der Waals surface area contributed by atoms with E-state index in [0.717, 1.165) is 19.1 Å². The van der Waals surface area contributed by atoms with E-state index in [0.29, 0.717) is 18.5 Å². The van der Waals surface area contributed by atoms with E-state index in [4.69, 9.17) is 5.11 Å². The van der Waals surface area contributed by atoms with Gasteiger partial charge >= 0.3 is 5.97 Å². The molecule has 0 aliphatic heterocycles. The van der Waals surface area contributed by atoms with Crippen LogP contribution in [0, 0.1) is 0 Å². The molecule has 0 saturated heterocycles. The smallest absolute Gasteiger partial charge is 0.331 e.